The van der Waals surface area contributed by atoms with Crippen molar-refractivity contribution in [2.45, 2.75) is 45.4 Å². The number of phosphoric ester groups is 1. The molecule has 0 bridgehead atoms. The zero-order valence-corrected chi connectivity index (χ0v) is 12.7. The van der Waals surface area contributed by atoms with Crippen molar-refractivity contribution in [1.82, 2.24) is 0 Å². The molecule has 0 aliphatic heterocycles. The summed E-state index contributed by atoms with van der Waals surface area (Å²) in [6.07, 6.45) is 6.95. The zero-order chi connectivity index (χ0) is 14.8. The van der Waals surface area contributed by atoms with E-state index in [1.165, 1.54) is 31.7 Å². The average Bonchev–Trinajstić information content (AvgIpc) is 2.38. The minimum Gasteiger partial charge on any atom is -0.490 e. The van der Waals surface area contributed by atoms with E-state index in [1.807, 2.05) is 0 Å². The van der Waals surface area contributed by atoms with Crippen molar-refractivity contribution in [1.29, 1.82) is 0 Å². The maximum atomic E-state index is 10.8. The van der Waals surface area contributed by atoms with E-state index < -0.39 is 7.82 Å². The van der Waals surface area contributed by atoms with Crippen molar-refractivity contribution in [3.63, 3.8) is 0 Å². The van der Waals surface area contributed by atoms with Gasteiger partial charge in [0.1, 0.15) is 0 Å². The molecule has 0 radical (unpaired) electrons. The first-order valence-electron chi connectivity index (χ1n) is 7.00. The lowest BCUT2D eigenvalue weighted by Crippen LogP contribution is -2.00. The van der Waals surface area contributed by atoms with Crippen molar-refractivity contribution < 1.29 is 23.6 Å². The zero-order valence-electron chi connectivity index (χ0n) is 11.8. The van der Waals surface area contributed by atoms with Crippen LogP contribution in [-0.4, -0.2) is 16.4 Å². The van der Waals surface area contributed by atoms with Crippen molar-refractivity contribution in [2.24, 2.45) is 0 Å². The second kappa shape index (κ2) is 9.01. The van der Waals surface area contributed by atoms with Crippen LogP contribution in [0, 0.1) is 0 Å². The Hall–Kier alpha value is -1.03. The van der Waals surface area contributed by atoms with Gasteiger partial charge in [0.2, 0.25) is 0 Å². The first-order chi connectivity index (χ1) is 9.53. The highest BCUT2D eigenvalue weighted by molar-refractivity contribution is 7.46. The molecular formula is C14H23O5P. The topological polar surface area (TPSA) is 76.0 Å². The highest BCUT2D eigenvalue weighted by atomic mass is 31.2. The Balaban J connectivity index is 2.34. The summed E-state index contributed by atoms with van der Waals surface area (Å²) in [7, 11) is -4.55. The molecule has 0 spiro atoms. The third kappa shape index (κ3) is 7.53. The van der Waals surface area contributed by atoms with Gasteiger partial charge in [-0.3, -0.25) is 9.79 Å². The second-order valence-corrected chi connectivity index (χ2v) is 5.81. The molecule has 1 rings (SSSR count). The Morgan fingerprint density at radius 1 is 1.00 bits per heavy atom. The molecule has 2 N–H and O–H groups in total. The van der Waals surface area contributed by atoms with E-state index in [-0.39, 0.29) is 5.75 Å². The van der Waals surface area contributed by atoms with E-state index in [0.717, 1.165) is 12.8 Å². The maximum absolute atomic E-state index is 10.8. The molecule has 114 valence electrons. The van der Waals surface area contributed by atoms with E-state index >= 15 is 0 Å². The summed E-state index contributed by atoms with van der Waals surface area (Å²) in [5, 5.41) is 0. The van der Waals surface area contributed by atoms with E-state index in [0.29, 0.717) is 12.4 Å². The van der Waals surface area contributed by atoms with Crippen molar-refractivity contribution >= 4 is 7.82 Å². The lowest BCUT2D eigenvalue weighted by molar-refractivity contribution is 0.263. The van der Waals surface area contributed by atoms with Crippen molar-refractivity contribution in [3.8, 4) is 11.5 Å². The van der Waals surface area contributed by atoms with E-state index in [9.17, 15) is 4.57 Å². The predicted molar refractivity (Wildman–Crippen MR) is 78.0 cm³/mol. The SMILES string of the molecule is CCCCCCCCOc1ccccc1OP(=O)(O)O. The lowest BCUT2D eigenvalue weighted by Gasteiger charge is -2.12. The fourth-order valence-corrected chi connectivity index (χ4v) is 2.24. The van der Waals surface area contributed by atoms with Crippen molar-refractivity contribution in [3.05, 3.63) is 24.3 Å². The van der Waals surface area contributed by atoms with Crippen LogP contribution in [-0.2, 0) is 4.57 Å². The van der Waals surface area contributed by atoms with Gasteiger partial charge < -0.3 is 9.26 Å². The van der Waals surface area contributed by atoms with Crippen LogP contribution in [0.5, 0.6) is 11.5 Å². The van der Waals surface area contributed by atoms with Crippen LogP contribution in [0.4, 0.5) is 0 Å². The number of rotatable bonds is 10. The molecule has 0 saturated heterocycles. The fraction of sp³-hybridized carbons (Fsp3) is 0.571. The molecule has 1 aromatic rings. The summed E-state index contributed by atoms with van der Waals surface area (Å²) in [5.41, 5.74) is 0. The van der Waals surface area contributed by atoms with Gasteiger partial charge in [-0.15, -0.1) is 0 Å². The van der Waals surface area contributed by atoms with Gasteiger partial charge in [0.05, 0.1) is 6.61 Å². The summed E-state index contributed by atoms with van der Waals surface area (Å²) in [5.74, 6) is 0.441. The standard InChI is InChI=1S/C14H23O5P/c1-2-3-4-5-6-9-12-18-13-10-7-8-11-14(13)19-20(15,16)17/h7-8,10-11H,2-6,9,12H2,1H3,(H2,15,16,17). The molecule has 0 saturated carbocycles. The Kier molecular flexibility index (Phi) is 7.67. The number of para-hydroxylation sites is 2. The molecule has 0 heterocycles. The van der Waals surface area contributed by atoms with Gasteiger partial charge in [-0.25, -0.2) is 4.57 Å². The quantitative estimate of drug-likeness (QED) is 0.506. The maximum Gasteiger partial charge on any atom is 0.524 e. The van der Waals surface area contributed by atoms with Crippen LogP contribution in [0.1, 0.15) is 45.4 Å². The number of benzene rings is 1. The average molecular weight is 302 g/mol. The number of hydrogen-bond donors (Lipinski definition) is 2. The summed E-state index contributed by atoms with van der Waals surface area (Å²) in [6.45, 7) is 2.70. The molecule has 5 nitrogen and oxygen atoms in total. The Morgan fingerprint density at radius 2 is 1.60 bits per heavy atom. The van der Waals surface area contributed by atoms with Crippen LogP contribution in [0.3, 0.4) is 0 Å². The second-order valence-electron chi connectivity index (χ2n) is 4.64. The van der Waals surface area contributed by atoms with Gasteiger partial charge in [-0.05, 0) is 18.6 Å². The summed E-state index contributed by atoms with van der Waals surface area (Å²) in [6, 6.07) is 6.50. The highest BCUT2D eigenvalue weighted by Crippen LogP contribution is 2.41. The molecule has 1 aromatic carbocycles. The molecule has 0 atom stereocenters. The van der Waals surface area contributed by atoms with Gasteiger partial charge in [-0.2, -0.15) is 0 Å². The molecular weight excluding hydrogens is 279 g/mol. The van der Waals surface area contributed by atoms with Gasteiger partial charge in [-0.1, -0.05) is 51.2 Å². The molecule has 0 aromatic heterocycles. The number of phosphoric acid groups is 1. The van der Waals surface area contributed by atoms with Crippen LogP contribution in [0.15, 0.2) is 24.3 Å². The van der Waals surface area contributed by atoms with Gasteiger partial charge in [0.15, 0.2) is 11.5 Å². The summed E-state index contributed by atoms with van der Waals surface area (Å²) >= 11 is 0. The molecule has 0 aliphatic rings. The highest BCUT2D eigenvalue weighted by Gasteiger charge is 2.18. The lowest BCUT2D eigenvalue weighted by atomic mass is 10.1. The Labute approximate surface area is 120 Å². The van der Waals surface area contributed by atoms with Crippen LogP contribution in [0.2, 0.25) is 0 Å². The normalized spacial score (nSPS) is 11.3. The Bertz CT molecular complexity index is 429. The van der Waals surface area contributed by atoms with E-state index in [1.54, 1.807) is 18.2 Å². The molecule has 0 amide bonds. The minimum atomic E-state index is -4.55. The van der Waals surface area contributed by atoms with Gasteiger partial charge in [0.25, 0.3) is 0 Å². The van der Waals surface area contributed by atoms with Crippen LogP contribution in [0.25, 0.3) is 0 Å². The molecule has 0 fully saturated rings. The number of ether oxygens (including phenoxy) is 1. The first kappa shape index (κ1) is 17.0. The van der Waals surface area contributed by atoms with Crippen molar-refractivity contribution in [2.75, 3.05) is 6.61 Å². The fourth-order valence-electron chi connectivity index (χ4n) is 1.84. The summed E-state index contributed by atoms with van der Waals surface area (Å²) in [4.78, 5) is 17.6. The molecule has 6 heteroatoms. The largest absolute Gasteiger partial charge is 0.524 e. The van der Waals surface area contributed by atoms with Gasteiger partial charge >= 0.3 is 7.82 Å². The predicted octanol–water partition coefficient (Wildman–Crippen LogP) is 3.90. The van der Waals surface area contributed by atoms with E-state index in [2.05, 4.69) is 11.4 Å². The number of unbranched alkanes of at least 4 members (excludes halogenated alkanes) is 5. The molecule has 0 unspecified atom stereocenters. The third-order valence-corrected chi connectivity index (χ3v) is 3.26. The minimum absolute atomic E-state index is 0.0758. The number of hydrogen-bond acceptors (Lipinski definition) is 3. The van der Waals surface area contributed by atoms with Crippen LogP contribution >= 0.6 is 7.82 Å². The molecule has 20 heavy (non-hydrogen) atoms. The molecule has 0 aliphatic carbocycles. The first-order valence-corrected chi connectivity index (χ1v) is 8.53. The van der Waals surface area contributed by atoms with Crippen LogP contribution < -0.4 is 9.26 Å². The van der Waals surface area contributed by atoms with Gasteiger partial charge in [0, 0.05) is 0 Å². The van der Waals surface area contributed by atoms with E-state index in [4.69, 9.17) is 14.5 Å². The summed E-state index contributed by atoms with van der Waals surface area (Å²) < 4.78 is 21.0. The Morgan fingerprint density at radius 3 is 2.25 bits per heavy atom. The third-order valence-electron chi connectivity index (χ3n) is 2.82. The smallest absolute Gasteiger partial charge is 0.490 e. The monoisotopic (exact) mass is 302 g/mol.